The molecule has 2 aromatic rings. The Balaban J connectivity index is 1.58. The zero-order valence-electron chi connectivity index (χ0n) is 13.8. The van der Waals surface area contributed by atoms with E-state index in [2.05, 4.69) is 5.32 Å². The van der Waals surface area contributed by atoms with E-state index < -0.39 is 5.92 Å². The molecule has 2 amide bonds. The molecule has 1 aliphatic heterocycles. The molecule has 1 unspecified atom stereocenters. The van der Waals surface area contributed by atoms with Crippen LogP contribution in [0.1, 0.15) is 12.0 Å². The van der Waals surface area contributed by atoms with Gasteiger partial charge in [-0.2, -0.15) is 0 Å². The Hall–Kier alpha value is -2.11. The van der Waals surface area contributed by atoms with Gasteiger partial charge in [-0.25, -0.2) is 4.39 Å². The fraction of sp³-hybridized carbons (Fsp3) is 0.263. The molecule has 7 heteroatoms. The molecule has 1 fully saturated rings. The first-order chi connectivity index (χ1) is 12.4. The van der Waals surface area contributed by atoms with E-state index in [1.54, 1.807) is 41.3 Å². The second-order valence-electron chi connectivity index (χ2n) is 6.20. The number of carbonyl (C=O) groups is 2. The molecule has 0 bridgehead atoms. The van der Waals surface area contributed by atoms with E-state index >= 15 is 0 Å². The monoisotopic (exact) mass is 394 g/mol. The quantitative estimate of drug-likeness (QED) is 0.827. The summed E-state index contributed by atoms with van der Waals surface area (Å²) in [6.45, 7) is 0.690. The third kappa shape index (κ3) is 4.34. The summed E-state index contributed by atoms with van der Waals surface area (Å²) in [4.78, 5) is 26.2. The van der Waals surface area contributed by atoms with E-state index in [1.165, 1.54) is 6.07 Å². The lowest BCUT2D eigenvalue weighted by molar-refractivity contribution is -0.128. The lowest BCUT2D eigenvalue weighted by Crippen LogP contribution is -2.30. The first-order valence-corrected chi connectivity index (χ1v) is 8.96. The molecule has 1 atom stereocenters. The van der Waals surface area contributed by atoms with Gasteiger partial charge < -0.3 is 10.2 Å². The van der Waals surface area contributed by atoms with Crippen LogP contribution < -0.4 is 5.32 Å². The summed E-state index contributed by atoms with van der Waals surface area (Å²) in [5.74, 6) is -1.12. The lowest BCUT2D eigenvalue weighted by Gasteiger charge is -2.17. The number of anilines is 1. The number of amides is 2. The van der Waals surface area contributed by atoms with Gasteiger partial charge in [-0.15, -0.1) is 0 Å². The third-order valence-corrected chi connectivity index (χ3v) is 4.93. The molecule has 3 rings (SSSR count). The number of carbonyl (C=O) groups excluding carboxylic acids is 2. The van der Waals surface area contributed by atoms with Crippen molar-refractivity contribution in [3.63, 3.8) is 0 Å². The predicted molar refractivity (Wildman–Crippen MR) is 99.9 cm³/mol. The zero-order valence-corrected chi connectivity index (χ0v) is 15.4. The zero-order chi connectivity index (χ0) is 18.7. The van der Waals surface area contributed by atoms with Crippen LogP contribution in [0.4, 0.5) is 10.1 Å². The highest BCUT2D eigenvalue weighted by atomic mass is 35.5. The normalized spacial score (nSPS) is 16.8. The number of nitrogens with one attached hydrogen (secondary N) is 1. The maximum atomic E-state index is 13.7. The molecule has 1 N–H and O–H groups in total. The summed E-state index contributed by atoms with van der Waals surface area (Å²) < 4.78 is 13.7. The van der Waals surface area contributed by atoms with E-state index in [1.807, 2.05) is 0 Å². The van der Waals surface area contributed by atoms with E-state index in [9.17, 15) is 14.0 Å². The van der Waals surface area contributed by atoms with Crippen LogP contribution in [0.25, 0.3) is 0 Å². The SMILES string of the molecule is O=C(Nc1ccc(Cl)cc1Cl)C1CC(=O)N(CCc2ccccc2F)C1. The molecule has 26 heavy (non-hydrogen) atoms. The topological polar surface area (TPSA) is 49.4 Å². The molecular formula is C19H17Cl2FN2O2. The number of likely N-dealkylation sites (tertiary alicyclic amines) is 1. The second kappa shape index (κ2) is 8.06. The number of benzene rings is 2. The smallest absolute Gasteiger partial charge is 0.229 e. The Morgan fingerprint density at radius 2 is 2.00 bits per heavy atom. The second-order valence-corrected chi connectivity index (χ2v) is 7.04. The molecule has 0 radical (unpaired) electrons. The van der Waals surface area contributed by atoms with Crippen LogP contribution in [-0.2, 0) is 16.0 Å². The molecule has 1 aliphatic rings. The number of nitrogens with zero attached hydrogens (tertiary/aromatic N) is 1. The summed E-state index contributed by atoms with van der Waals surface area (Å²) in [5, 5.41) is 3.55. The largest absolute Gasteiger partial charge is 0.342 e. The molecule has 1 saturated heterocycles. The molecule has 0 saturated carbocycles. The van der Waals surface area contributed by atoms with Crippen LogP contribution in [0.2, 0.25) is 10.0 Å². The van der Waals surface area contributed by atoms with Gasteiger partial charge >= 0.3 is 0 Å². The minimum Gasteiger partial charge on any atom is -0.342 e. The molecule has 0 aliphatic carbocycles. The van der Waals surface area contributed by atoms with Crippen molar-refractivity contribution in [3.05, 3.63) is 63.9 Å². The molecule has 0 aromatic heterocycles. The van der Waals surface area contributed by atoms with Crippen LogP contribution in [-0.4, -0.2) is 29.8 Å². The average molecular weight is 395 g/mol. The minimum absolute atomic E-state index is 0.108. The molecular weight excluding hydrogens is 378 g/mol. The van der Waals surface area contributed by atoms with Gasteiger partial charge in [-0.1, -0.05) is 41.4 Å². The van der Waals surface area contributed by atoms with Crippen molar-refractivity contribution in [2.75, 3.05) is 18.4 Å². The predicted octanol–water partition coefficient (Wildman–Crippen LogP) is 4.16. The van der Waals surface area contributed by atoms with Crippen LogP contribution in [0.5, 0.6) is 0 Å². The van der Waals surface area contributed by atoms with E-state index in [0.29, 0.717) is 40.8 Å². The number of hydrogen-bond acceptors (Lipinski definition) is 2. The van der Waals surface area contributed by atoms with E-state index in [4.69, 9.17) is 23.2 Å². The Bertz CT molecular complexity index is 844. The van der Waals surface area contributed by atoms with Gasteiger partial charge in [0, 0.05) is 24.5 Å². The van der Waals surface area contributed by atoms with Gasteiger partial charge in [-0.3, -0.25) is 9.59 Å². The highest BCUT2D eigenvalue weighted by Gasteiger charge is 2.34. The van der Waals surface area contributed by atoms with Crippen molar-refractivity contribution in [3.8, 4) is 0 Å². The van der Waals surface area contributed by atoms with Crippen LogP contribution in [0.15, 0.2) is 42.5 Å². The minimum atomic E-state index is -0.463. The summed E-state index contributed by atoms with van der Waals surface area (Å²) in [7, 11) is 0. The van der Waals surface area contributed by atoms with Gasteiger partial charge in [-0.05, 0) is 36.2 Å². The fourth-order valence-corrected chi connectivity index (χ4v) is 3.40. The maximum absolute atomic E-state index is 13.7. The highest BCUT2D eigenvalue weighted by molar-refractivity contribution is 6.36. The van der Waals surface area contributed by atoms with Crippen molar-refractivity contribution in [2.24, 2.45) is 5.92 Å². The van der Waals surface area contributed by atoms with E-state index in [0.717, 1.165) is 0 Å². The van der Waals surface area contributed by atoms with Gasteiger partial charge in [0.1, 0.15) is 5.82 Å². The molecule has 136 valence electrons. The number of hydrogen-bond donors (Lipinski definition) is 1. The fourth-order valence-electron chi connectivity index (χ4n) is 2.95. The first kappa shape index (κ1) is 18.7. The van der Waals surface area contributed by atoms with Crippen molar-refractivity contribution in [1.82, 2.24) is 4.90 Å². The Morgan fingerprint density at radius 3 is 2.73 bits per heavy atom. The Labute approximate surface area is 160 Å². The Kier molecular flexibility index (Phi) is 5.79. The van der Waals surface area contributed by atoms with Gasteiger partial charge in [0.25, 0.3) is 0 Å². The van der Waals surface area contributed by atoms with Crippen LogP contribution in [0, 0.1) is 11.7 Å². The molecule has 1 heterocycles. The van der Waals surface area contributed by atoms with Crippen molar-refractivity contribution in [2.45, 2.75) is 12.8 Å². The number of rotatable bonds is 5. The maximum Gasteiger partial charge on any atom is 0.229 e. The molecule has 4 nitrogen and oxygen atoms in total. The van der Waals surface area contributed by atoms with E-state index in [-0.39, 0.29) is 24.1 Å². The van der Waals surface area contributed by atoms with Crippen LogP contribution >= 0.6 is 23.2 Å². The molecule has 2 aromatic carbocycles. The molecule has 0 spiro atoms. The first-order valence-electron chi connectivity index (χ1n) is 8.21. The van der Waals surface area contributed by atoms with Crippen LogP contribution in [0.3, 0.4) is 0 Å². The summed E-state index contributed by atoms with van der Waals surface area (Å²) in [6, 6.07) is 11.3. The summed E-state index contributed by atoms with van der Waals surface area (Å²) in [6.07, 6.45) is 0.546. The van der Waals surface area contributed by atoms with Gasteiger partial charge in [0.15, 0.2) is 0 Å². The van der Waals surface area contributed by atoms with Crippen molar-refractivity contribution >= 4 is 40.7 Å². The van der Waals surface area contributed by atoms with Crippen molar-refractivity contribution < 1.29 is 14.0 Å². The summed E-state index contributed by atoms with van der Waals surface area (Å²) in [5.41, 5.74) is 1.01. The lowest BCUT2D eigenvalue weighted by atomic mass is 10.1. The van der Waals surface area contributed by atoms with Crippen molar-refractivity contribution in [1.29, 1.82) is 0 Å². The average Bonchev–Trinajstić information content (AvgIpc) is 2.98. The highest BCUT2D eigenvalue weighted by Crippen LogP contribution is 2.27. The summed E-state index contributed by atoms with van der Waals surface area (Å²) >= 11 is 11.9. The number of halogens is 3. The Morgan fingerprint density at radius 1 is 1.23 bits per heavy atom. The van der Waals surface area contributed by atoms with Gasteiger partial charge in [0.2, 0.25) is 11.8 Å². The third-order valence-electron chi connectivity index (χ3n) is 4.38. The van der Waals surface area contributed by atoms with Gasteiger partial charge in [0.05, 0.1) is 16.6 Å². The standard InChI is InChI=1S/C19H17Cl2FN2O2/c20-14-5-6-17(15(21)10-14)23-19(26)13-9-18(25)24(11-13)8-7-12-3-1-2-4-16(12)22/h1-6,10,13H,7-9,11H2,(H,23,26).